The lowest BCUT2D eigenvalue weighted by Crippen LogP contribution is -2.45. The summed E-state index contributed by atoms with van der Waals surface area (Å²) in [4.78, 5) is 45.0. The Morgan fingerprint density at radius 2 is 1.81 bits per heavy atom. The molecule has 0 radical (unpaired) electrons. The van der Waals surface area contributed by atoms with E-state index in [0.29, 0.717) is 38.7 Å². The zero-order valence-corrected chi connectivity index (χ0v) is 21.3. The van der Waals surface area contributed by atoms with Gasteiger partial charge in [-0.2, -0.15) is 0 Å². The summed E-state index contributed by atoms with van der Waals surface area (Å²) in [6.45, 7) is 4.92. The molecule has 0 spiro atoms. The van der Waals surface area contributed by atoms with Crippen molar-refractivity contribution >= 4 is 51.9 Å². The molecular weight excluding hydrogens is 488 g/mol. The number of methoxy groups -OCH3 is 2. The Kier molecular flexibility index (Phi) is 8.65. The van der Waals surface area contributed by atoms with Gasteiger partial charge in [-0.3, -0.25) is 9.59 Å². The first-order valence-electron chi connectivity index (χ1n) is 11.1. The van der Waals surface area contributed by atoms with Crippen molar-refractivity contribution in [2.75, 3.05) is 19.5 Å². The zero-order chi connectivity index (χ0) is 26.4. The fourth-order valence-electron chi connectivity index (χ4n) is 3.53. The molecule has 0 aliphatic carbocycles. The van der Waals surface area contributed by atoms with Crippen LogP contribution in [0.4, 0.5) is 11.5 Å². The van der Waals surface area contributed by atoms with E-state index in [-0.39, 0.29) is 24.0 Å². The van der Waals surface area contributed by atoms with E-state index in [2.05, 4.69) is 20.6 Å². The van der Waals surface area contributed by atoms with Crippen LogP contribution in [0, 0.1) is 5.92 Å². The Morgan fingerprint density at radius 3 is 2.44 bits per heavy atom. The average Bonchev–Trinajstić information content (AvgIpc) is 2.83. The van der Waals surface area contributed by atoms with Crippen LogP contribution in [-0.4, -0.2) is 48.1 Å². The van der Waals surface area contributed by atoms with Gasteiger partial charge in [0, 0.05) is 29.1 Å². The van der Waals surface area contributed by atoms with Crippen molar-refractivity contribution < 1.29 is 28.6 Å². The lowest BCUT2D eigenvalue weighted by atomic mass is 10.0. The van der Waals surface area contributed by atoms with Crippen molar-refractivity contribution in [3.63, 3.8) is 0 Å². The first-order chi connectivity index (χ1) is 17.1. The van der Waals surface area contributed by atoms with E-state index in [1.807, 2.05) is 13.8 Å². The molecule has 3 rings (SSSR count). The minimum absolute atomic E-state index is 0.0325. The molecule has 2 aromatic carbocycles. The van der Waals surface area contributed by atoms with Crippen LogP contribution < -0.4 is 20.1 Å². The van der Waals surface area contributed by atoms with Crippen molar-refractivity contribution in [3.8, 4) is 11.5 Å². The Morgan fingerprint density at radius 1 is 1.06 bits per heavy atom. The minimum atomic E-state index is -0.772. The molecule has 36 heavy (non-hydrogen) atoms. The number of fused-ring (bicyclic) bond motifs is 1. The smallest absolute Gasteiger partial charge is 0.328 e. The third-order valence-electron chi connectivity index (χ3n) is 5.29. The van der Waals surface area contributed by atoms with Crippen molar-refractivity contribution in [1.82, 2.24) is 15.3 Å². The molecule has 0 aliphatic rings. The topological polar surface area (TPSA) is 129 Å². The van der Waals surface area contributed by atoms with Crippen LogP contribution >= 0.6 is 11.6 Å². The highest BCUT2D eigenvalue weighted by molar-refractivity contribution is 6.31. The molecule has 2 N–H and O–H groups in total. The van der Waals surface area contributed by atoms with Gasteiger partial charge in [-0.15, -0.1) is 0 Å². The standard InChI is InChI=1S/C25H27ClN4O6/c1-13(2)23(25(33)35-5)30-22(32)8-15-6-7-16(26)9-18(15)29-24-17-10-21(36-14(3)31)20(34-4)11-19(17)27-12-28-24/h6-7,9-13,23H,8H2,1-5H3,(H,30,32)(H,27,28,29)/t23-/m1/s1. The van der Waals surface area contributed by atoms with Gasteiger partial charge in [-0.25, -0.2) is 14.8 Å². The molecule has 0 aliphatic heterocycles. The molecule has 0 fully saturated rings. The van der Waals surface area contributed by atoms with Crippen molar-refractivity contribution in [2.45, 2.75) is 33.2 Å². The Balaban J connectivity index is 1.95. The van der Waals surface area contributed by atoms with Crippen molar-refractivity contribution in [3.05, 3.63) is 47.2 Å². The van der Waals surface area contributed by atoms with Crippen molar-refractivity contribution in [2.24, 2.45) is 5.92 Å². The van der Waals surface area contributed by atoms with Gasteiger partial charge in [-0.1, -0.05) is 31.5 Å². The number of halogens is 1. The highest BCUT2D eigenvalue weighted by Crippen LogP contribution is 2.35. The number of rotatable bonds is 9. The normalized spacial score (nSPS) is 11.6. The summed E-state index contributed by atoms with van der Waals surface area (Å²) < 4.78 is 15.4. The number of carbonyl (C=O) groups excluding carboxylic acids is 3. The number of benzene rings is 2. The fourth-order valence-corrected chi connectivity index (χ4v) is 3.70. The summed E-state index contributed by atoms with van der Waals surface area (Å²) in [5.74, 6) is -0.585. The summed E-state index contributed by atoms with van der Waals surface area (Å²) in [5, 5.41) is 6.92. The van der Waals surface area contributed by atoms with Crippen LogP contribution in [0.15, 0.2) is 36.7 Å². The highest BCUT2D eigenvalue weighted by atomic mass is 35.5. The largest absolute Gasteiger partial charge is 0.493 e. The molecule has 0 saturated heterocycles. The number of ether oxygens (including phenoxy) is 3. The predicted molar refractivity (Wildman–Crippen MR) is 135 cm³/mol. The second-order valence-electron chi connectivity index (χ2n) is 8.25. The molecular formula is C25H27ClN4O6. The van der Waals surface area contributed by atoms with E-state index in [9.17, 15) is 14.4 Å². The average molecular weight is 515 g/mol. The molecule has 1 heterocycles. The third-order valence-corrected chi connectivity index (χ3v) is 5.52. The maximum absolute atomic E-state index is 12.8. The second kappa shape index (κ2) is 11.7. The molecule has 1 amide bonds. The summed E-state index contributed by atoms with van der Waals surface area (Å²) in [6, 6.07) is 7.49. The zero-order valence-electron chi connectivity index (χ0n) is 20.5. The molecule has 0 bridgehead atoms. The SMILES string of the molecule is COC(=O)[C@H](NC(=O)Cc1ccc(Cl)cc1Nc1ncnc2cc(OC)c(OC(C)=O)cc12)C(C)C. The van der Waals surface area contributed by atoms with Gasteiger partial charge in [0.1, 0.15) is 18.2 Å². The van der Waals surface area contributed by atoms with Crippen LogP contribution in [-0.2, 0) is 25.5 Å². The number of hydrogen-bond donors (Lipinski definition) is 2. The first-order valence-corrected chi connectivity index (χ1v) is 11.4. The summed E-state index contributed by atoms with van der Waals surface area (Å²) in [5.41, 5.74) is 1.69. The molecule has 11 heteroatoms. The van der Waals surface area contributed by atoms with E-state index in [1.165, 1.54) is 27.5 Å². The van der Waals surface area contributed by atoms with Gasteiger partial charge >= 0.3 is 11.9 Å². The van der Waals surface area contributed by atoms with E-state index in [1.54, 1.807) is 30.3 Å². The number of nitrogens with one attached hydrogen (secondary N) is 2. The van der Waals surface area contributed by atoms with Gasteiger partial charge in [0.05, 0.1) is 26.2 Å². The molecule has 10 nitrogen and oxygen atoms in total. The first kappa shape index (κ1) is 26.7. The van der Waals surface area contributed by atoms with Crippen LogP contribution in [0.25, 0.3) is 10.9 Å². The number of hydrogen-bond acceptors (Lipinski definition) is 9. The number of esters is 2. The number of aromatic nitrogens is 2. The second-order valence-corrected chi connectivity index (χ2v) is 8.69. The Labute approximate surface area is 213 Å². The van der Waals surface area contributed by atoms with Crippen LogP contribution in [0.3, 0.4) is 0 Å². The van der Waals surface area contributed by atoms with Crippen molar-refractivity contribution in [1.29, 1.82) is 0 Å². The van der Waals surface area contributed by atoms with Gasteiger partial charge in [-0.05, 0) is 29.7 Å². The van der Waals surface area contributed by atoms with E-state index in [0.717, 1.165) is 0 Å². The van der Waals surface area contributed by atoms with Gasteiger partial charge in [0.15, 0.2) is 11.5 Å². The molecule has 0 saturated carbocycles. The quantitative estimate of drug-likeness (QED) is 0.323. The Hall–Kier alpha value is -3.92. The molecule has 3 aromatic rings. The lowest BCUT2D eigenvalue weighted by molar-refractivity contribution is -0.146. The number of nitrogens with zero attached hydrogens (tertiary/aromatic N) is 2. The van der Waals surface area contributed by atoms with E-state index in [4.69, 9.17) is 25.8 Å². The summed E-state index contributed by atoms with van der Waals surface area (Å²) in [6.07, 6.45) is 1.34. The summed E-state index contributed by atoms with van der Waals surface area (Å²) in [7, 11) is 2.74. The third kappa shape index (κ3) is 6.39. The minimum Gasteiger partial charge on any atom is -0.493 e. The van der Waals surface area contributed by atoms with Crippen LogP contribution in [0.5, 0.6) is 11.5 Å². The van der Waals surface area contributed by atoms with Gasteiger partial charge < -0.3 is 24.8 Å². The van der Waals surface area contributed by atoms with E-state index < -0.39 is 18.0 Å². The number of anilines is 2. The number of amides is 1. The maximum atomic E-state index is 12.8. The van der Waals surface area contributed by atoms with Gasteiger partial charge in [0.2, 0.25) is 5.91 Å². The molecule has 0 unspecified atom stereocenters. The predicted octanol–water partition coefficient (Wildman–Crippen LogP) is 3.82. The molecule has 1 aromatic heterocycles. The maximum Gasteiger partial charge on any atom is 0.328 e. The fraction of sp³-hybridized carbons (Fsp3) is 0.320. The van der Waals surface area contributed by atoms with E-state index >= 15 is 0 Å². The van der Waals surface area contributed by atoms with Crippen LogP contribution in [0.2, 0.25) is 5.02 Å². The van der Waals surface area contributed by atoms with Gasteiger partial charge in [0.25, 0.3) is 0 Å². The lowest BCUT2D eigenvalue weighted by Gasteiger charge is -2.20. The Bertz CT molecular complexity index is 1300. The highest BCUT2D eigenvalue weighted by Gasteiger charge is 2.25. The molecule has 1 atom stereocenters. The summed E-state index contributed by atoms with van der Waals surface area (Å²) >= 11 is 6.24. The van der Waals surface area contributed by atoms with Crippen LogP contribution in [0.1, 0.15) is 26.3 Å². The number of carbonyl (C=O) groups is 3. The molecule has 190 valence electrons. The monoisotopic (exact) mass is 514 g/mol.